The molecule has 0 unspecified atom stereocenters. The zero-order valence-electron chi connectivity index (χ0n) is 18.0. The average molecular weight is 430 g/mol. The van der Waals surface area contributed by atoms with Crippen molar-refractivity contribution in [2.75, 3.05) is 32.7 Å². The molecule has 6 nitrogen and oxygen atoms in total. The summed E-state index contributed by atoms with van der Waals surface area (Å²) < 4.78 is 27.4. The fourth-order valence-corrected chi connectivity index (χ4v) is 4.88. The van der Waals surface area contributed by atoms with Crippen LogP contribution in [0.3, 0.4) is 0 Å². The van der Waals surface area contributed by atoms with E-state index in [-0.39, 0.29) is 17.9 Å². The van der Waals surface area contributed by atoms with Crippen LogP contribution in [0.1, 0.15) is 31.9 Å². The van der Waals surface area contributed by atoms with Crippen LogP contribution in [0.4, 0.5) is 0 Å². The standard InChI is InChI=1S/C23H31N3O3S/c1-23(2,3)20-9-11-21(12-10-20)30(28,29)26-15-13-25(14-16-26)18-22(27)24-17-19-7-5-4-6-8-19/h4-12H,13-18H2,1-3H3,(H,24,27). The normalized spacial score (nSPS) is 16.4. The highest BCUT2D eigenvalue weighted by atomic mass is 32.2. The van der Waals surface area contributed by atoms with Crippen molar-refractivity contribution in [2.45, 2.75) is 37.6 Å². The van der Waals surface area contributed by atoms with Crippen molar-refractivity contribution in [3.63, 3.8) is 0 Å². The largest absolute Gasteiger partial charge is 0.351 e. The third kappa shape index (κ3) is 5.68. The van der Waals surface area contributed by atoms with Crippen LogP contribution in [0.15, 0.2) is 59.5 Å². The highest BCUT2D eigenvalue weighted by molar-refractivity contribution is 7.89. The Morgan fingerprint density at radius 1 is 0.933 bits per heavy atom. The Morgan fingerprint density at radius 3 is 2.10 bits per heavy atom. The predicted molar refractivity (Wildman–Crippen MR) is 119 cm³/mol. The van der Waals surface area contributed by atoms with Gasteiger partial charge in [0.2, 0.25) is 15.9 Å². The zero-order chi connectivity index (χ0) is 21.8. The molecule has 1 fully saturated rings. The van der Waals surface area contributed by atoms with E-state index in [1.165, 1.54) is 4.31 Å². The summed E-state index contributed by atoms with van der Waals surface area (Å²) in [6, 6.07) is 16.9. The van der Waals surface area contributed by atoms with Gasteiger partial charge in [-0.25, -0.2) is 8.42 Å². The number of carbonyl (C=O) groups excluding carboxylic acids is 1. The number of carbonyl (C=O) groups is 1. The number of nitrogens with zero attached hydrogens (tertiary/aromatic N) is 2. The lowest BCUT2D eigenvalue weighted by molar-refractivity contribution is -0.122. The van der Waals surface area contributed by atoms with Gasteiger partial charge in [-0.3, -0.25) is 9.69 Å². The van der Waals surface area contributed by atoms with Gasteiger partial charge in [0.15, 0.2) is 0 Å². The molecule has 0 spiro atoms. The van der Waals surface area contributed by atoms with E-state index in [2.05, 4.69) is 26.1 Å². The van der Waals surface area contributed by atoms with Gasteiger partial charge in [0.05, 0.1) is 11.4 Å². The van der Waals surface area contributed by atoms with Crippen LogP contribution in [0, 0.1) is 0 Å². The number of benzene rings is 2. The highest BCUT2D eigenvalue weighted by Crippen LogP contribution is 2.25. The van der Waals surface area contributed by atoms with Crippen LogP contribution in [-0.4, -0.2) is 56.3 Å². The fraction of sp³-hybridized carbons (Fsp3) is 0.435. The van der Waals surface area contributed by atoms with E-state index in [0.717, 1.165) is 11.1 Å². The molecule has 0 saturated carbocycles. The van der Waals surface area contributed by atoms with Gasteiger partial charge in [0, 0.05) is 32.7 Å². The van der Waals surface area contributed by atoms with Crippen LogP contribution in [0.5, 0.6) is 0 Å². The van der Waals surface area contributed by atoms with Crippen molar-refractivity contribution in [1.82, 2.24) is 14.5 Å². The molecule has 2 aromatic rings. The predicted octanol–water partition coefficient (Wildman–Crippen LogP) is 2.61. The van der Waals surface area contributed by atoms with Crippen LogP contribution in [-0.2, 0) is 26.8 Å². The number of sulfonamides is 1. The Bertz CT molecular complexity index is 943. The second-order valence-corrected chi connectivity index (χ2v) is 10.7. The van der Waals surface area contributed by atoms with E-state index in [0.29, 0.717) is 37.6 Å². The summed E-state index contributed by atoms with van der Waals surface area (Å²) in [7, 11) is -3.52. The first-order valence-electron chi connectivity index (χ1n) is 10.3. The van der Waals surface area contributed by atoms with Crippen LogP contribution in [0.2, 0.25) is 0 Å². The molecular formula is C23H31N3O3S. The maximum Gasteiger partial charge on any atom is 0.243 e. The molecule has 0 radical (unpaired) electrons. The first kappa shape index (κ1) is 22.5. The third-order valence-electron chi connectivity index (χ3n) is 5.39. The molecule has 7 heteroatoms. The lowest BCUT2D eigenvalue weighted by Crippen LogP contribution is -2.50. The molecule has 1 heterocycles. The Hall–Kier alpha value is -2.22. The quantitative estimate of drug-likeness (QED) is 0.766. The molecule has 1 saturated heterocycles. The van der Waals surface area contributed by atoms with Crippen molar-refractivity contribution in [3.8, 4) is 0 Å². The summed E-state index contributed by atoms with van der Waals surface area (Å²) in [6.45, 7) is 8.93. The molecular weight excluding hydrogens is 398 g/mol. The van der Waals surface area contributed by atoms with Gasteiger partial charge in [-0.15, -0.1) is 0 Å². The molecule has 1 aliphatic rings. The number of amides is 1. The smallest absolute Gasteiger partial charge is 0.243 e. The maximum atomic E-state index is 13.0. The molecule has 162 valence electrons. The SMILES string of the molecule is CC(C)(C)c1ccc(S(=O)(=O)N2CCN(CC(=O)NCc3ccccc3)CC2)cc1. The van der Waals surface area contributed by atoms with E-state index >= 15 is 0 Å². The van der Waals surface area contributed by atoms with Gasteiger partial charge in [0.25, 0.3) is 0 Å². The molecule has 1 N–H and O–H groups in total. The molecule has 30 heavy (non-hydrogen) atoms. The van der Waals surface area contributed by atoms with Crippen molar-refractivity contribution in [2.24, 2.45) is 0 Å². The summed E-state index contributed by atoms with van der Waals surface area (Å²) in [6.07, 6.45) is 0. The van der Waals surface area contributed by atoms with E-state index in [9.17, 15) is 13.2 Å². The van der Waals surface area contributed by atoms with Gasteiger partial charge in [0.1, 0.15) is 0 Å². The first-order valence-corrected chi connectivity index (χ1v) is 11.7. The molecule has 3 rings (SSSR count). The lowest BCUT2D eigenvalue weighted by atomic mass is 9.87. The Kier molecular flexibility index (Phi) is 6.95. The van der Waals surface area contributed by atoms with Crippen LogP contribution >= 0.6 is 0 Å². The number of hydrogen-bond donors (Lipinski definition) is 1. The molecule has 0 bridgehead atoms. The summed E-state index contributed by atoms with van der Waals surface area (Å²) >= 11 is 0. The molecule has 0 aliphatic carbocycles. The second kappa shape index (κ2) is 9.29. The number of rotatable bonds is 6. The molecule has 1 aliphatic heterocycles. The second-order valence-electron chi connectivity index (χ2n) is 8.72. The molecule has 1 amide bonds. The summed E-state index contributed by atoms with van der Waals surface area (Å²) in [5.74, 6) is -0.0482. The zero-order valence-corrected chi connectivity index (χ0v) is 18.8. The number of piperazine rings is 1. The first-order chi connectivity index (χ1) is 14.2. The number of hydrogen-bond acceptors (Lipinski definition) is 4. The average Bonchev–Trinajstić information content (AvgIpc) is 2.73. The van der Waals surface area contributed by atoms with Gasteiger partial charge in [-0.1, -0.05) is 63.2 Å². The maximum absolute atomic E-state index is 13.0. The number of nitrogens with one attached hydrogen (secondary N) is 1. The van der Waals surface area contributed by atoms with Crippen molar-refractivity contribution in [1.29, 1.82) is 0 Å². The van der Waals surface area contributed by atoms with Crippen molar-refractivity contribution in [3.05, 3.63) is 65.7 Å². The minimum atomic E-state index is -3.52. The third-order valence-corrected chi connectivity index (χ3v) is 7.30. The fourth-order valence-electron chi connectivity index (χ4n) is 3.46. The summed E-state index contributed by atoms with van der Waals surface area (Å²) in [4.78, 5) is 14.5. The molecule has 0 aromatic heterocycles. The minimum absolute atomic E-state index is 0.0188. The minimum Gasteiger partial charge on any atom is -0.351 e. The Labute approximate surface area is 179 Å². The van der Waals surface area contributed by atoms with Gasteiger partial charge < -0.3 is 5.32 Å². The lowest BCUT2D eigenvalue weighted by Gasteiger charge is -2.33. The van der Waals surface area contributed by atoms with Crippen LogP contribution in [0.25, 0.3) is 0 Å². The van der Waals surface area contributed by atoms with E-state index in [1.807, 2.05) is 47.4 Å². The van der Waals surface area contributed by atoms with Gasteiger partial charge in [-0.05, 0) is 28.7 Å². The van der Waals surface area contributed by atoms with E-state index < -0.39 is 10.0 Å². The summed E-state index contributed by atoms with van der Waals surface area (Å²) in [5, 5.41) is 2.92. The van der Waals surface area contributed by atoms with Crippen LogP contribution < -0.4 is 5.32 Å². The van der Waals surface area contributed by atoms with Gasteiger partial charge in [-0.2, -0.15) is 4.31 Å². The monoisotopic (exact) mass is 429 g/mol. The van der Waals surface area contributed by atoms with Crippen molar-refractivity contribution >= 4 is 15.9 Å². The van der Waals surface area contributed by atoms with Gasteiger partial charge >= 0.3 is 0 Å². The van der Waals surface area contributed by atoms with Crippen molar-refractivity contribution < 1.29 is 13.2 Å². The molecule has 2 aromatic carbocycles. The molecule has 0 atom stereocenters. The van der Waals surface area contributed by atoms with E-state index in [4.69, 9.17) is 0 Å². The Morgan fingerprint density at radius 2 is 1.53 bits per heavy atom. The van der Waals surface area contributed by atoms with E-state index in [1.54, 1.807) is 12.1 Å². The topological polar surface area (TPSA) is 69.7 Å². The summed E-state index contributed by atoms with van der Waals surface area (Å²) in [5.41, 5.74) is 2.14. The highest BCUT2D eigenvalue weighted by Gasteiger charge is 2.29. The Balaban J connectivity index is 1.51.